The SMILES string of the molecule is COc1ccc2c(O[C@H]3C[C@H]4C(=O)NCCCCC/C=C\[C@H]5C[C@@]5(C(=O)CS(=O)(=O)C5CC5)NC(=O)[C@@H]4C3)cc(-c3nc(C(C)C)cs3)nc2c1C. The molecule has 7 rings (SSSR count). The molecule has 0 bridgehead atoms. The number of nitrogens with zero attached hydrogens (tertiary/aromatic N) is 2. The summed E-state index contributed by atoms with van der Waals surface area (Å²) in [6.07, 6.45) is 9.02. The first-order chi connectivity index (χ1) is 24.9. The molecule has 5 atom stereocenters. The van der Waals surface area contributed by atoms with Gasteiger partial charge in [-0.1, -0.05) is 32.4 Å². The van der Waals surface area contributed by atoms with Gasteiger partial charge in [-0.05, 0) is 76.3 Å². The van der Waals surface area contributed by atoms with Gasteiger partial charge in [-0.3, -0.25) is 14.4 Å². The molecular formula is C39H48N4O7S2. The Labute approximate surface area is 309 Å². The van der Waals surface area contributed by atoms with Crippen LogP contribution in [0.1, 0.15) is 88.8 Å². The van der Waals surface area contributed by atoms with E-state index in [0.29, 0.717) is 54.9 Å². The van der Waals surface area contributed by atoms with E-state index < -0.39 is 56.0 Å². The van der Waals surface area contributed by atoms with E-state index in [1.54, 1.807) is 7.11 Å². The predicted octanol–water partition coefficient (Wildman–Crippen LogP) is 5.84. The first-order valence-corrected chi connectivity index (χ1v) is 21.1. The summed E-state index contributed by atoms with van der Waals surface area (Å²) in [6, 6.07) is 5.67. The highest BCUT2D eigenvalue weighted by Gasteiger charge is 2.61. The number of hydrogen-bond acceptors (Lipinski definition) is 10. The summed E-state index contributed by atoms with van der Waals surface area (Å²) >= 11 is 1.52. The van der Waals surface area contributed by atoms with Gasteiger partial charge < -0.3 is 20.1 Å². The molecule has 0 radical (unpaired) electrons. The number of sulfone groups is 1. The largest absolute Gasteiger partial charge is 0.496 e. The summed E-state index contributed by atoms with van der Waals surface area (Å²) in [5.41, 5.74) is 1.92. The average molecular weight is 749 g/mol. The van der Waals surface area contributed by atoms with Gasteiger partial charge in [-0.25, -0.2) is 18.4 Å². The van der Waals surface area contributed by atoms with E-state index in [0.717, 1.165) is 47.3 Å². The Morgan fingerprint density at radius 1 is 1.06 bits per heavy atom. The van der Waals surface area contributed by atoms with Gasteiger partial charge >= 0.3 is 0 Å². The summed E-state index contributed by atoms with van der Waals surface area (Å²) in [6.45, 7) is 6.65. The lowest BCUT2D eigenvalue weighted by atomic mass is 9.93. The van der Waals surface area contributed by atoms with E-state index >= 15 is 0 Å². The van der Waals surface area contributed by atoms with Crippen molar-refractivity contribution in [3.63, 3.8) is 0 Å². The van der Waals surface area contributed by atoms with Crippen molar-refractivity contribution >= 4 is 49.7 Å². The third-order valence-corrected chi connectivity index (χ3v) is 14.2. The molecule has 0 unspecified atom stereocenters. The van der Waals surface area contributed by atoms with Crippen molar-refractivity contribution in [2.75, 3.05) is 19.4 Å². The van der Waals surface area contributed by atoms with Crippen LogP contribution in [0.4, 0.5) is 0 Å². The second-order valence-corrected chi connectivity index (χ2v) is 18.4. The lowest BCUT2D eigenvalue weighted by molar-refractivity contribution is -0.135. The second kappa shape index (κ2) is 14.5. The smallest absolute Gasteiger partial charge is 0.224 e. The normalized spacial score (nSPS) is 27.5. The highest BCUT2D eigenvalue weighted by molar-refractivity contribution is 7.93. The van der Waals surface area contributed by atoms with Crippen molar-refractivity contribution in [3.8, 4) is 22.2 Å². The number of fused-ring (bicyclic) bond motifs is 3. The van der Waals surface area contributed by atoms with Gasteiger partial charge in [0, 0.05) is 34.9 Å². The third-order valence-electron chi connectivity index (χ3n) is 11.1. The van der Waals surface area contributed by atoms with Crippen LogP contribution in [-0.4, -0.2) is 72.3 Å². The maximum Gasteiger partial charge on any atom is 0.224 e. The third kappa shape index (κ3) is 7.35. The predicted molar refractivity (Wildman–Crippen MR) is 200 cm³/mol. The standard InChI is InChI=1S/C39H48N4O7S2/c1-22(2)31-20-51-38(42-31)30-18-33(27-13-14-32(49-4)23(3)35(27)41-30)50-25-16-28-29(17-25)37(46)43-39(34(44)21-52(47,48)26-11-12-26)19-24(39)10-8-6-5-7-9-15-40-36(28)45/h8,10,13-14,18,20,22,24-26,28-29H,5-7,9,11-12,15-17,19,21H2,1-4H3,(H,40,45)(H,43,46)/b10-8-/t24-,25-,28+,29+,39+/m0/s1. The number of carbonyl (C=O) groups is 3. The Balaban J connectivity index is 1.20. The monoisotopic (exact) mass is 748 g/mol. The van der Waals surface area contributed by atoms with Gasteiger partial charge in [-0.15, -0.1) is 11.3 Å². The molecule has 4 aliphatic rings. The molecule has 13 heteroatoms. The van der Waals surface area contributed by atoms with Crippen molar-refractivity contribution in [3.05, 3.63) is 47.0 Å². The maximum atomic E-state index is 14.3. The molecule has 3 saturated carbocycles. The summed E-state index contributed by atoms with van der Waals surface area (Å²) in [7, 11) is -1.96. The second-order valence-electron chi connectivity index (χ2n) is 15.2. The molecule has 52 heavy (non-hydrogen) atoms. The lowest BCUT2D eigenvalue weighted by Gasteiger charge is -2.23. The molecule has 3 fully saturated rings. The number of aryl methyl sites for hydroxylation is 1. The molecular weight excluding hydrogens is 701 g/mol. The minimum Gasteiger partial charge on any atom is -0.496 e. The van der Waals surface area contributed by atoms with Crippen molar-refractivity contribution in [1.29, 1.82) is 0 Å². The molecule has 3 aromatic rings. The molecule has 3 heterocycles. The number of ketones is 1. The number of ether oxygens (including phenoxy) is 2. The zero-order valence-corrected chi connectivity index (χ0v) is 31.9. The van der Waals surface area contributed by atoms with Crippen LogP contribution in [0, 0.1) is 24.7 Å². The van der Waals surface area contributed by atoms with Crippen LogP contribution in [0.3, 0.4) is 0 Å². The molecule has 11 nitrogen and oxygen atoms in total. The van der Waals surface area contributed by atoms with Gasteiger partial charge in [0.2, 0.25) is 11.8 Å². The fourth-order valence-corrected chi connectivity index (χ4v) is 10.4. The quantitative estimate of drug-likeness (QED) is 0.257. The molecule has 1 aliphatic heterocycles. The number of thiazole rings is 1. The minimum absolute atomic E-state index is 0.215. The lowest BCUT2D eigenvalue weighted by Crippen LogP contribution is -2.51. The number of allylic oxidation sites excluding steroid dienone is 1. The molecule has 2 aromatic heterocycles. The van der Waals surface area contributed by atoms with Gasteiger partial charge in [0.05, 0.1) is 35.4 Å². The zero-order valence-electron chi connectivity index (χ0n) is 30.3. The number of carbonyl (C=O) groups excluding carboxylic acids is 3. The Morgan fingerprint density at radius 2 is 1.83 bits per heavy atom. The molecule has 1 aromatic carbocycles. The number of amides is 2. The van der Waals surface area contributed by atoms with Gasteiger partial charge in [0.15, 0.2) is 15.6 Å². The van der Waals surface area contributed by atoms with Crippen LogP contribution in [-0.2, 0) is 24.2 Å². The van der Waals surface area contributed by atoms with Crippen LogP contribution in [0.5, 0.6) is 11.5 Å². The van der Waals surface area contributed by atoms with Crippen molar-refractivity contribution < 1.29 is 32.3 Å². The minimum atomic E-state index is -3.58. The van der Waals surface area contributed by atoms with E-state index in [4.69, 9.17) is 19.4 Å². The first-order valence-electron chi connectivity index (χ1n) is 18.5. The summed E-state index contributed by atoms with van der Waals surface area (Å²) < 4.78 is 38.2. The molecule has 0 saturated heterocycles. The van der Waals surface area contributed by atoms with E-state index in [1.165, 1.54) is 11.3 Å². The van der Waals surface area contributed by atoms with E-state index in [9.17, 15) is 22.8 Å². The van der Waals surface area contributed by atoms with Crippen LogP contribution in [0.15, 0.2) is 35.7 Å². The highest BCUT2D eigenvalue weighted by atomic mass is 32.2. The average Bonchev–Trinajstić information content (AvgIpc) is 3.98. The molecule has 0 spiro atoms. The van der Waals surface area contributed by atoms with Crippen molar-refractivity contribution in [2.45, 2.75) is 101 Å². The molecule has 3 aliphatic carbocycles. The molecule has 278 valence electrons. The number of methoxy groups -OCH3 is 1. The van der Waals surface area contributed by atoms with Crippen LogP contribution in [0.25, 0.3) is 21.6 Å². The first kappa shape index (κ1) is 36.5. The number of hydrogen-bond donors (Lipinski definition) is 2. The number of pyridine rings is 1. The number of nitrogens with one attached hydrogen (secondary N) is 2. The van der Waals surface area contributed by atoms with Gasteiger partial charge in [0.1, 0.15) is 39.6 Å². The summed E-state index contributed by atoms with van der Waals surface area (Å²) in [5.74, 6) is -1.90. The fourth-order valence-electron chi connectivity index (χ4n) is 7.71. The zero-order chi connectivity index (χ0) is 36.8. The number of benzene rings is 1. The topological polar surface area (TPSA) is 154 Å². The van der Waals surface area contributed by atoms with Gasteiger partial charge in [0.25, 0.3) is 0 Å². The van der Waals surface area contributed by atoms with Crippen LogP contribution < -0.4 is 20.1 Å². The number of rotatable bonds is 9. The Bertz CT molecular complexity index is 2020. The number of aromatic nitrogens is 2. The summed E-state index contributed by atoms with van der Waals surface area (Å²) in [4.78, 5) is 51.6. The highest BCUT2D eigenvalue weighted by Crippen LogP contribution is 2.48. The van der Waals surface area contributed by atoms with Crippen LogP contribution in [0.2, 0.25) is 0 Å². The van der Waals surface area contributed by atoms with Crippen molar-refractivity contribution in [2.24, 2.45) is 17.8 Å². The van der Waals surface area contributed by atoms with E-state index in [-0.39, 0.29) is 24.2 Å². The summed E-state index contributed by atoms with van der Waals surface area (Å²) in [5, 5.41) is 9.18. The Morgan fingerprint density at radius 3 is 2.54 bits per heavy atom. The van der Waals surface area contributed by atoms with Gasteiger partial charge in [-0.2, -0.15) is 0 Å². The Hall–Kier alpha value is -3.84. The van der Waals surface area contributed by atoms with E-state index in [1.807, 2.05) is 42.7 Å². The fraction of sp³-hybridized carbons (Fsp3) is 0.564. The maximum absolute atomic E-state index is 14.3. The number of Topliss-reactive ketones (excluding diaryl/α,β-unsaturated/α-hetero) is 1. The van der Waals surface area contributed by atoms with Crippen molar-refractivity contribution in [1.82, 2.24) is 20.6 Å². The molecule has 2 N–H and O–H groups in total. The molecule has 2 amide bonds. The Kier molecular flexibility index (Phi) is 10.2. The van der Waals surface area contributed by atoms with Crippen LogP contribution >= 0.6 is 11.3 Å². The van der Waals surface area contributed by atoms with E-state index in [2.05, 4.69) is 24.5 Å².